The lowest BCUT2D eigenvalue weighted by molar-refractivity contribution is 1.17. The molecule has 0 amide bonds. The number of thiazole rings is 1. The average molecular weight is 139 g/mol. The molecule has 0 aromatic carbocycles. The molecule has 0 spiro atoms. The van der Waals surface area contributed by atoms with Crippen LogP contribution in [-0.4, -0.2) is 12.0 Å². The van der Waals surface area contributed by atoms with Crippen LogP contribution in [0.15, 0.2) is 11.6 Å². The second-order valence-electron chi connectivity index (χ2n) is 1.47. The lowest BCUT2D eigenvalue weighted by atomic mass is 10.9. The van der Waals surface area contributed by atoms with Crippen molar-refractivity contribution in [2.75, 3.05) is 11.9 Å². The fraction of sp³-hybridized carbons (Fsp3) is 0.200. The van der Waals surface area contributed by atoms with Crippen LogP contribution < -0.4 is 4.90 Å². The highest BCUT2D eigenvalue weighted by atomic mass is 32.1. The van der Waals surface area contributed by atoms with Gasteiger partial charge in [-0.3, -0.25) is 4.90 Å². The zero-order chi connectivity index (χ0) is 6.69. The topological polar surface area (TPSA) is 39.9 Å². The number of hydrogen-bond donors (Lipinski definition) is 0. The first-order valence-electron chi connectivity index (χ1n) is 2.37. The van der Waals surface area contributed by atoms with E-state index in [4.69, 9.17) is 5.26 Å². The predicted octanol–water partition coefficient (Wildman–Crippen LogP) is 1.06. The van der Waals surface area contributed by atoms with E-state index in [9.17, 15) is 0 Å². The Morgan fingerprint density at radius 3 is 3.11 bits per heavy atom. The number of anilines is 1. The molecule has 1 aromatic rings. The Morgan fingerprint density at radius 2 is 2.67 bits per heavy atom. The number of nitrogens with zero attached hydrogens (tertiary/aromatic N) is 3. The smallest absolute Gasteiger partial charge is 0.198 e. The third-order valence-corrected chi connectivity index (χ3v) is 1.70. The molecule has 1 aromatic heterocycles. The molecule has 1 heterocycles. The molecule has 0 atom stereocenters. The fourth-order valence-corrected chi connectivity index (χ4v) is 0.988. The molecule has 0 fully saturated rings. The highest BCUT2D eigenvalue weighted by molar-refractivity contribution is 7.13. The van der Waals surface area contributed by atoms with Gasteiger partial charge in [0.15, 0.2) is 11.3 Å². The van der Waals surface area contributed by atoms with Crippen molar-refractivity contribution in [3.8, 4) is 6.19 Å². The van der Waals surface area contributed by atoms with Crippen molar-refractivity contribution in [3.63, 3.8) is 0 Å². The zero-order valence-electron chi connectivity index (χ0n) is 4.90. The monoisotopic (exact) mass is 139 g/mol. The van der Waals surface area contributed by atoms with Crippen LogP contribution in [-0.2, 0) is 0 Å². The van der Waals surface area contributed by atoms with Gasteiger partial charge in [-0.25, -0.2) is 4.98 Å². The minimum absolute atomic E-state index is 0.734. The van der Waals surface area contributed by atoms with Gasteiger partial charge in [0, 0.05) is 18.6 Å². The molecule has 0 unspecified atom stereocenters. The summed E-state index contributed by atoms with van der Waals surface area (Å²) in [7, 11) is 1.68. The van der Waals surface area contributed by atoms with E-state index in [0.717, 1.165) is 5.13 Å². The van der Waals surface area contributed by atoms with E-state index < -0.39 is 0 Å². The van der Waals surface area contributed by atoms with E-state index in [1.165, 1.54) is 16.2 Å². The SMILES string of the molecule is CN(C#N)c1nccs1. The Balaban J connectivity index is 2.80. The molecule has 0 radical (unpaired) electrons. The summed E-state index contributed by atoms with van der Waals surface area (Å²) in [6.45, 7) is 0. The van der Waals surface area contributed by atoms with Gasteiger partial charge in [-0.05, 0) is 0 Å². The van der Waals surface area contributed by atoms with Crippen LogP contribution in [0.5, 0.6) is 0 Å². The molecule has 0 N–H and O–H groups in total. The molecule has 46 valence electrons. The van der Waals surface area contributed by atoms with Crippen LogP contribution in [0.25, 0.3) is 0 Å². The van der Waals surface area contributed by atoms with Crippen LogP contribution in [0.4, 0.5) is 5.13 Å². The Bertz CT molecular complexity index is 211. The molecule has 1 rings (SSSR count). The second-order valence-corrected chi connectivity index (χ2v) is 2.35. The predicted molar refractivity (Wildman–Crippen MR) is 36.1 cm³/mol. The summed E-state index contributed by atoms with van der Waals surface area (Å²) in [4.78, 5) is 5.33. The normalized spacial score (nSPS) is 8.44. The summed E-state index contributed by atoms with van der Waals surface area (Å²) >= 11 is 1.45. The quantitative estimate of drug-likeness (QED) is 0.431. The highest BCUT2D eigenvalue weighted by Gasteiger charge is 1.97. The van der Waals surface area contributed by atoms with Crippen LogP contribution in [0, 0.1) is 11.5 Å². The van der Waals surface area contributed by atoms with Gasteiger partial charge in [0.05, 0.1) is 0 Å². The minimum atomic E-state index is 0.734. The van der Waals surface area contributed by atoms with Crippen molar-refractivity contribution < 1.29 is 0 Å². The molecule has 3 nitrogen and oxygen atoms in total. The van der Waals surface area contributed by atoms with E-state index in [2.05, 4.69) is 4.98 Å². The molecule has 0 aliphatic heterocycles. The third-order valence-electron chi connectivity index (χ3n) is 0.856. The zero-order valence-corrected chi connectivity index (χ0v) is 5.72. The maximum atomic E-state index is 8.35. The van der Waals surface area contributed by atoms with Crippen molar-refractivity contribution in [3.05, 3.63) is 11.6 Å². The first-order chi connectivity index (χ1) is 4.34. The molecule has 0 saturated heterocycles. The average Bonchev–Trinajstić information content (AvgIpc) is 2.37. The molecule has 0 aliphatic carbocycles. The molecular weight excluding hydrogens is 134 g/mol. The van der Waals surface area contributed by atoms with Crippen molar-refractivity contribution in [2.24, 2.45) is 0 Å². The lowest BCUT2D eigenvalue weighted by Gasteiger charge is -1.99. The highest BCUT2D eigenvalue weighted by Crippen LogP contribution is 2.13. The maximum absolute atomic E-state index is 8.35. The van der Waals surface area contributed by atoms with Gasteiger partial charge in [-0.2, -0.15) is 5.26 Å². The number of nitriles is 1. The summed E-state index contributed by atoms with van der Waals surface area (Å²) in [5, 5.41) is 10.9. The summed E-state index contributed by atoms with van der Waals surface area (Å²) in [6, 6.07) is 0. The number of hydrogen-bond acceptors (Lipinski definition) is 4. The molecule has 0 bridgehead atoms. The summed E-state index contributed by atoms with van der Waals surface area (Å²) < 4.78 is 0. The lowest BCUT2D eigenvalue weighted by Crippen LogP contribution is -2.06. The Morgan fingerprint density at radius 1 is 1.89 bits per heavy atom. The molecule has 0 saturated carbocycles. The first-order valence-corrected chi connectivity index (χ1v) is 3.25. The van der Waals surface area contributed by atoms with Crippen LogP contribution in [0.3, 0.4) is 0 Å². The number of rotatable bonds is 1. The van der Waals surface area contributed by atoms with Gasteiger partial charge in [0.25, 0.3) is 0 Å². The van der Waals surface area contributed by atoms with Crippen molar-refractivity contribution in [1.82, 2.24) is 4.98 Å². The molecule has 0 aliphatic rings. The van der Waals surface area contributed by atoms with Gasteiger partial charge >= 0.3 is 0 Å². The van der Waals surface area contributed by atoms with E-state index in [1.54, 1.807) is 13.2 Å². The van der Waals surface area contributed by atoms with Crippen molar-refractivity contribution in [2.45, 2.75) is 0 Å². The van der Waals surface area contributed by atoms with Gasteiger partial charge in [0.2, 0.25) is 0 Å². The van der Waals surface area contributed by atoms with E-state index in [0.29, 0.717) is 0 Å². The Labute approximate surface area is 57.2 Å². The fourth-order valence-electron chi connectivity index (χ4n) is 0.424. The van der Waals surface area contributed by atoms with E-state index >= 15 is 0 Å². The summed E-state index contributed by atoms with van der Waals surface area (Å²) in [5.74, 6) is 0. The summed E-state index contributed by atoms with van der Waals surface area (Å²) in [5.41, 5.74) is 0. The van der Waals surface area contributed by atoms with Crippen molar-refractivity contribution >= 4 is 16.5 Å². The third kappa shape index (κ3) is 1.18. The van der Waals surface area contributed by atoms with E-state index in [1.807, 2.05) is 11.6 Å². The summed E-state index contributed by atoms with van der Waals surface area (Å²) in [6.07, 6.45) is 3.62. The maximum Gasteiger partial charge on any atom is 0.198 e. The molecule has 4 heteroatoms. The number of aromatic nitrogens is 1. The van der Waals surface area contributed by atoms with Crippen LogP contribution in [0.2, 0.25) is 0 Å². The van der Waals surface area contributed by atoms with Gasteiger partial charge in [-0.1, -0.05) is 0 Å². The first kappa shape index (κ1) is 6.05. The Hall–Kier alpha value is -1.08. The second kappa shape index (κ2) is 2.46. The molecule has 9 heavy (non-hydrogen) atoms. The standard InChI is InChI=1S/C5H5N3S/c1-8(4-6)5-7-2-3-9-5/h2-3H,1H3. The van der Waals surface area contributed by atoms with Gasteiger partial charge in [0.1, 0.15) is 0 Å². The van der Waals surface area contributed by atoms with Crippen LogP contribution >= 0.6 is 11.3 Å². The van der Waals surface area contributed by atoms with Gasteiger partial charge < -0.3 is 0 Å². The van der Waals surface area contributed by atoms with E-state index in [-0.39, 0.29) is 0 Å². The Kier molecular flexibility index (Phi) is 1.66. The van der Waals surface area contributed by atoms with Crippen molar-refractivity contribution in [1.29, 1.82) is 5.26 Å². The molecular formula is C5H5N3S. The largest absolute Gasteiger partial charge is 0.258 e. The van der Waals surface area contributed by atoms with Gasteiger partial charge in [-0.15, -0.1) is 11.3 Å². The minimum Gasteiger partial charge on any atom is -0.258 e. The van der Waals surface area contributed by atoms with Crippen LogP contribution in [0.1, 0.15) is 0 Å².